The van der Waals surface area contributed by atoms with Crippen molar-refractivity contribution in [2.45, 2.75) is 12.6 Å². The zero-order chi connectivity index (χ0) is 13.6. The molecular formula is C12H10F3IO2. The van der Waals surface area contributed by atoms with Gasteiger partial charge in [-0.05, 0) is 38.3 Å². The van der Waals surface area contributed by atoms with Crippen molar-refractivity contribution in [1.29, 1.82) is 0 Å². The Balaban J connectivity index is 2.39. The maximum Gasteiger partial charge on any atom is 0.410 e. The molecule has 0 aliphatic carbocycles. The van der Waals surface area contributed by atoms with Gasteiger partial charge in [-0.1, -0.05) is 18.2 Å². The normalized spacial score (nSPS) is 12.3. The Kier molecular flexibility index (Phi) is 5.64. The number of esters is 1. The maximum atomic E-state index is 12.0. The number of allylic oxidation sites excluding steroid dienone is 1. The maximum absolute atomic E-state index is 12.0. The Morgan fingerprint density at radius 2 is 1.89 bits per heavy atom. The number of hydrogen-bond acceptors (Lipinski definition) is 2. The highest BCUT2D eigenvalue weighted by Crippen LogP contribution is 2.23. The molecule has 1 rings (SSSR count). The fourth-order valence-electron chi connectivity index (χ4n) is 1.15. The van der Waals surface area contributed by atoms with Gasteiger partial charge < -0.3 is 4.74 Å². The van der Waals surface area contributed by atoms with Gasteiger partial charge in [-0.25, -0.2) is 4.79 Å². The minimum Gasteiger partial charge on any atom is -0.462 e. The summed E-state index contributed by atoms with van der Waals surface area (Å²) >= 11 is 1.58. The second-order valence-electron chi connectivity index (χ2n) is 3.38. The van der Waals surface area contributed by atoms with Crippen LogP contribution in [0, 0.1) is 0 Å². The molecule has 0 aliphatic heterocycles. The lowest BCUT2D eigenvalue weighted by Crippen LogP contribution is -2.07. The van der Waals surface area contributed by atoms with Crippen LogP contribution >= 0.6 is 22.6 Å². The van der Waals surface area contributed by atoms with Crippen LogP contribution in [-0.2, 0) is 4.74 Å². The van der Waals surface area contributed by atoms with Crippen LogP contribution in [0.2, 0.25) is 0 Å². The molecule has 0 bridgehead atoms. The molecule has 0 saturated heterocycles. The first-order valence-corrected chi connectivity index (χ1v) is 6.12. The zero-order valence-electron chi connectivity index (χ0n) is 9.21. The molecule has 0 unspecified atom stereocenters. The number of hydrogen-bond donors (Lipinski definition) is 0. The molecule has 1 aromatic rings. The first kappa shape index (κ1) is 15.0. The minimum atomic E-state index is -4.33. The molecule has 2 nitrogen and oxygen atoms in total. The summed E-state index contributed by atoms with van der Waals surface area (Å²) in [6.45, 7) is -0.0709. The summed E-state index contributed by atoms with van der Waals surface area (Å²) in [5.41, 5.74) is 0.382. The van der Waals surface area contributed by atoms with Gasteiger partial charge >= 0.3 is 12.1 Å². The van der Waals surface area contributed by atoms with Crippen LogP contribution in [0.25, 0.3) is 0 Å². The number of ether oxygens (including phenoxy) is 1. The number of rotatable bonds is 4. The molecule has 0 fully saturated rings. The van der Waals surface area contributed by atoms with Crippen LogP contribution in [0.15, 0.2) is 40.0 Å². The van der Waals surface area contributed by atoms with E-state index in [2.05, 4.69) is 0 Å². The molecule has 0 aliphatic rings. The first-order valence-electron chi connectivity index (χ1n) is 5.04. The van der Waals surface area contributed by atoms with Crippen LogP contribution in [-0.4, -0.2) is 18.8 Å². The summed E-state index contributed by atoms with van der Waals surface area (Å²) in [5.74, 6) is -0.535. The van der Waals surface area contributed by atoms with Crippen LogP contribution in [0.1, 0.15) is 16.8 Å². The van der Waals surface area contributed by atoms with Crippen molar-refractivity contribution in [1.82, 2.24) is 0 Å². The predicted molar refractivity (Wildman–Crippen MR) is 69.5 cm³/mol. The van der Waals surface area contributed by atoms with E-state index in [1.165, 1.54) is 0 Å². The lowest BCUT2D eigenvalue weighted by Gasteiger charge is -2.05. The van der Waals surface area contributed by atoms with Gasteiger partial charge in [-0.3, -0.25) is 0 Å². The number of benzene rings is 1. The molecule has 0 N–H and O–H groups in total. The quantitative estimate of drug-likeness (QED) is 0.589. The summed E-state index contributed by atoms with van der Waals surface area (Å²) in [6.07, 6.45) is -4.08. The summed E-state index contributed by atoms with van der Waals surface area (Å²) in [7, 11) is 0. The fraction of sp³-hybridized carbons (Fsp3) is 0.250. The smallest absolute Gasteiger partial charge is 0.410 e. The summed E-state index contributed by atoms with van der Waals surface area (Å²) < 4.78 is 40.9. The molecule has 0 aromatic heterocycles. The Hall–Kier alpha value is -1.05. The van der Waals surface area contributed by atoms with E-state index < -0.39 is 12.1 Å². The van der Waals surface area contributed by atoms with Crippen LogP contribution in [0.3, 0.4) is 0 Å². The number of halogens is 4. The van der Waals surface area contributed by atoms with Gasteiger partial charge in [-0.15, -0.1) is 0 Å². The molecule has 0 atom stereocenters. The molecule has 18 heavy (non-hydrogen) atoms. The van der Waals surface area contributed by atoms with Gasteiger partial charge in [0.1, 0.15) is 0 Å². The van der Waals surface area contributed by atoms with Gasteiger partial charge in [0.05, 0.1) is 12.2 Å². The lowest BCUT2D eigenvalue weighted by molar-refractivity contribution is -0.0801. The molecule has 0 amide bonds. The van der Waals surface area contributed by atoms with E-state index >= 15 is 0 Å². The largest absolute Gasteiger partial charge is 0.462 e. The Labute approximate surface area is 116 Å². The molecule has 1 aromatic carbocycles. The minimum absolute atomic E-state index is 0.0542. The monoisotopic (exact) mass is 370 g/mol. The highest BCUT2D eigenvalue weighted by molar-refractivity contribution is 14.1. The van der Waals surface area contributed by atoms with E-state index in [0.717, 1.165) is 0 Å². The molecule has 0 radical (unpaired) electrons. The third kappa shape index (κ3) is 6.04. The van der Waals surface area contributed by atoms with E-state index in [1.807, 2.05) is 0 Å². The third-order valence-corrected chi connectivity index (χ3v) is 2.75. The second kappa shape index (κ2) is 6.77. The van der Waals surface area contributed by atoms with Crippen molar-refractivity contribution >= 4 is 28.6 Å². The Morgan fingerprint density at radius 3 is 2.44 bits per heavy atom. The molecular weight excluding hydrogens is 360 g/mol. The SMILES string of the molecule is O=C(OCCC(I)=CC(F)(F)F)c1ccccc1. The van der Waals surface area contributed by atoms with Gasteiger partial charge in [-0.2, -0.15) is 13.2 Å². The highest BCUT2D eigenvalue weighted by Gasteiger charge is 2.23. The average Bonchev–Trinajstić information content (AvgIpc) is 2.27. The molecule has 6 heteroatoms. The van der Waals surface area contributed by atoms with Crippen molar-refractivity contribution in [2.75, 3.05) is 6.61 Å². The average molecular weight is 370 g/mol. The number of carbonyl (C=O) groups excluding carboxylic acids is 1. The van der Waals surface area contributed by atoms with Crippen molar-refractivity contribution in [3.63, 3.8) is 0 Å². The van der Waals surface area contributed by atoms with Gasteiger partial charge in [0, 0.05) is 12.5 Å². The van der Waals surface area contributed by atoms with E-state index in [1.54, 1.807) is 52.9 Å². The molecule has 98 valence electrons. The zero-order valence-corrected chi connectivity index (χ0v) is 11.4. The number of alkyl halides is 3. The van der Waals surface area contributed by atoms with Crippen molar-refractivity contribution in [3.8, 4) is 0 Å². The Morgan fingerprint density at radius 1 is 1.28 bits per heavy atom. The topological polar surface area (TPSA) is 26.3 Å². The summed E-state index contributed by atoms with van der Waals surface area (Å²) in [6, 6.07) is 8.29. The van der Waals surface area contributed by atoms with Crippen LogP contribution in [0.4, 0.5) is 13.2 Å². The van der Waals surface area contributed by atoms with E-state index in [-0.39, 0.29) is 22.7 Å². The highest BCUT2D eigenvalue weighted by atomic mass is 127. The van der Waals surface area contributed by atoms with E-state index in [0.29, 0.717) is 5.56 Å². The van der Waals surface area contributed by atoms with E-state index in [4.69, 9.17) is 4.74 Å². The van der Waals surface area contributed by atoms with E-state index in [9.17, 15) is 18.0 Å². The third-order valence-electron chi connectivity index (χ3n) is 1.90. The Bertz CT molecular complexity index is 427. The molecule has 0 saturated carbocycles. The second-order valence-corrected chi connectivity index (χ2v) is 4.77. The van der Waals surface area contributed by atoms with Crippen molar-refractivity contribution in [2.24, 2.45) is 0 Å². The fourth-order valence-corrected chi connectivity index (χ4v) is 1.72. The first-order chi connectivity index (χ1) is 8.38. The van der Waals surface area contributed by atoms with Crippen molar-refractivity contribution < 1.29 is 22.7 Å². The summed E-state index contributed by atoms with van der Waals surface area (Å²) in [5, 5.41) is 0. The molecule has 0 heterocycles. The van der Waals surface area contributed by atoms with Crippen LogP contribution in [0.5, 0.6) is 0 Å². The van der Waals surface area contributed by atoms with Gasteiger partial charge in [0.2, 0.25) is 0 Å². The summed E-state index contributed by atoms with van der Waals surface area (Å²) in [4.78, 5) is 11.4. The lowest BCUT2D eigenvalue weighted by atomic mass is 10.2. The predicted octanol–water partition coefficient (Wildman–Crippen LogP) is 4.11. The van der Waals surface area contributed by atoms with Crippen LogP contribution < -0.4 is 0 Å². The van der Waals surface area contributed by atoms with Crippen molar-refractivity contribution in [3.05, 3.63) is 45.6 Å². The molecule has 0 spiro atoms. The standard InChI is InChI=1S/C12H10F3IO2/c13-12(14,15)8-10(16)6-7-18-11(17)9-4-2-1-3-5-9/h1-5,8H,6-7H2. The number of carbonyl (C=O) groups is 1. The van der Waals surface area contributed by atoms with Gasteiger partial charge in [0.15, 0.2) is 0 Å². The van der Waals surface area contributed by atoms with Gasteiger partial charge in [0.25, 0.3) is 0 Å².